The van der Waals surface area contributed by atoms with Gasteiger partial charge in [0.1, 0.15) is 5.75 Å². The smallest absolute Gasteiger partial charge is 0.387 e. The van der Waals surface area contributed by atoms with E-state index in [1.165, 1.54) is 35.6 Å². The van der Waals surface area contributed by atoms with Crippen LogP contribution in [-0.2, 0) is 6.54 Å². The molecule has 1 heterocycles. The number of hydrogen-bond acceptors (Lipinski definition) is 6. The van der Waals surface area contributed by atoms with Gasteiger partial charge in [0.15, 0.2) is 5.13 Å². The van der Waals surface area contributed by atoms with E-state index >= 15 is 0 Å². The molecule has 0 atom stereocenters. The Kier molecular flexibility index (Phi) is 4.52. The minimum Gasteiger partial charge on any atom is -0.435 e. The van der Waals surface area contributed by atoms with Crippen molar-refractivity contribution in [3.63, 3.8) is 0 Å². The van der Waals surface area contributed by atoms with Crippen molar-refractivity contribution in [2.75, 3.05) is 5.32 Å². The van der Waals surface area contributed by atoms with Crippen LogP contribution in [-0.4, -0.2) is 16.5 Å². The number of nitrogens with one attached hydrogen (secondary N) is 1. The van der Waals surface area contributed by atoms with Gasteiger partial charge < -0.3 is 10.1 Å². The molecule has 0 amide bonds. The summed E-state index contributed by atoms with van der Waals surface area (Å²) >= 11 is 1.29. The Hall–Kier alpha value is -2.81. The summed E-state index contributed by atoms with van der Waals surface area (Å²) in [4.78, 5) is 14.7. The number of aromatic nitrogens is 1. The standard InChI is InChI=1S/C15H11F2N3O3S/c16-14(17)23-11-3-1-2-9(6-11)8-18-15-19-12-5-4-10(20(21)22)7-13(12)24-15/h1-7,14H,8H2,(H,18,19). The topological polar surface area (TPSA) is 77.3 Å². The van der Waals surface area contributed by atoms with E-state index in [1.54, 1.807) is 18.2 Å². The highest BCUT2D eigenvalue weighted by atomic mass is 32.1. The molecule has 0 fully saturated rings. The molecule has 1 aromatic heterocycles. The first-order valence-corrected chi connectivity index (χ1v) is 7.65. The molecule has 6 nitrogen and oxygen atoms in total. The van der Waals surface area contributed by atoms with E-state index in [0.29, 0.717) is 21.9 Å². The molecular weight excluding hydrogens is 340 g/mol. The number of hydrogen-bond donors (Lipinski definition) is 1. The van der Waals surface area contributed by atoms with Crippen molar-refractivity contribution in [1.82, 2.24) is 4.98 Å². The first-order chi connectivity index (χ1) is 11.5. The molecule has 0 saturated heterocycles. The summed E-state index contributed by atoms with van der Waals surface area (Å²) in [5.74, 6) is 0.0872. The summed E-state index contributed by atoms with van der Waals surface area (Å²) in [7, 11) is 0. The lowest BCUT2D eigenvalue weighted by Gasteiger charge is -2.07. The van der Waals surface area contributed by atoms with Gasteiger partial charge in [0.05, 0.1) is 15.1 Å². The molecule has 0 bridgehead atoms. The summed E-state index contributed by atoms with van der Waals surface area (Å²) in [5, 5.41) is 14.4. The molecule has 0 spiro atoms. The average molecular weight is 351 g/mol. The van der Waals surface area contributed by atoms with Crippen LogP contribution >= 0.6 is 11.3 Å². The van der Waals surface area contributed by atoms with E-state index in [4.69, 9.17) is 0 Å². The van der Waals surface area contributed by atoms with Crippen LogP contribution in [0.3, 0.4) is 0 Å². The zero-order chi connectivity index (χ0) is 17.1. The van der Waals surface area contributed by atoms with Crippen LogP contribution in [0.2, 0.25) is 0 Å². The van der Waals surface area contributed by atoms with E-state index in [2.05, 4.69) is 15.0 Å². The molecule has 24 heavy (non-hydrogen) atoms. The highest BCUT2D eigenvalue weighted by Gasteiger charge is 2.10. The number of rotatable bonds is 6. The Bertz CT molecular complexity index is 885. The highest BCUT2D eigenvalue weighted by molar-refractivity contribution is 7.22. The Balaban J connectivity index is 1.72. The lowest BCUT2D eigenvalue weighted by atomic mass is 10.2. The van der Waals surface area contributed by atoms with Crippen LogP contribution < -0.4 is 10.1 Å². The van der Waals surface area contributed by atoms with Gasteiger partial charge in [-0.3, -0.25) is 10.1 Å². The molecule has 1 N–H and O–H groups in total. The second-order valence-electron chi connectivity index (χ2n) is 4.81. The van der Waals surface area contributed by atoms with Crippen molar-refractivity contribution >= 4 is 32.4 Å². The average Bonchev–Trinajstić information content (AvgIpc) is 2.94. The first-order valence-electron chi connectivity index (χ1n) is 6.84. The Morgan fingerprint density at radius 2 is 2.12 bits per heavy atom. The van der Waals surface area contributed by atoms with Gasteiger partial charge in [-0.25, -0.2) is 4.98 Å². The quantitative estimate of drug-likeness (QED) is 0.525. The molecule has 3 rings (SSSR count). The number of nitro groups is 1. The van der Waals surface area contributed by atoms with Gasteiger partial charge >= 0.3 is 6.61 Å². The lowest BCUT2D eigenvalue weighted by molar-refractivity contribution is -0.384. The maximum absolute atomic E-state index is 12.2. The van der Waals surface area contributed by atoms with E-state index < -0.39 is 11.5 Å². The van der Waals surface area contributed by atoms with Crippen LogP contribution in [0.1, 0.15) is 5.56 Å². The summed E-state index contributed by atoms with van der Waals surface area (Å²) < 4.78 is 29.5. The molecule has 2 aromatic carbocycles. The van der Waals surface area contributed by atoms with Crippen molar-refractivity contribution in [1.29, 1.82) is 0 Å². The minimum absolute atomic E-state index is 0.00884. The number of nitro benzene ring substituents is 1. The van der Waals surface area contributed by atoms with Crippen molar-refractivity contribution in [3.8, 4) is 5.75 Å². The molecular formula is C15H11F2N3O3S. The van der Waals surface area contributed by atoms with Gasteiger partial charge in [-0.1, -0.05) is 23.5 Å². The Morgan fingerprint density at radius 1 is 1.29 bits per heavy atom. The number of fused-ring (bicyclic) bond motifs is 1. The van der Waals surface area contributed by atoms with Crippen molar-refractivity contribution in [2.45, 2.75) is 13.2 Å². The summed E-state index contributed by atoms with van der Waals surface area (Å²) in [6, 6.07) is 10.8. The Labute approximate surface area is 138 Å². The summed E-state index contributed by atoms with van der Waals surface area (Å²) in [5.41, 5.74) is 1.41. The van der Waals surface area contributed by atoms with Gasteiger partial charge in [-0.15, -0.1) is 0 Å². The summed E-state index contributed by atoms with van der Waals surface area (Å²) in [6.07, 6.45) is 0. The number of thiazole rings is 1. The molecule has 124 valence electrons. The molecule has 3 aromatic rings. The molecule has 0 radical (unpaired) electrons. The van der Waals surface area contributed by atoms with Crippen LogP contribution in [0.5, 0.6) is 5.75 Å². The predicted molar refractivity (Wildman–Crippen MR) is 86.7 cm³/mol. The second kappa shape index (κ2) is 6.75. The van der Waals surface area contributed by atoms with E-state index in [0.717, 1.165) is 5.56 Å². The number of alkyl halides is 2. The van der Waals surface area contributed by atoms with Crippen LogP contribution in [0.25, 0.3) is 10.2 Å². The Morgan fingerprint density at radius 3 is 2.88 bits per heavy atom. The number of halogens is 2. The van der Waals surface area contributed by atoms with E-state index in [9.17, 15) is 18.9 Å². The maximum Gasteiger partial charge on any atom is 0.387 e. The molecule has 0 aliphatic rings. The number of benzene rings is 2. The van der Waals surface area contributed by atoms with Crippen LogP contribution in [0.15, 0.2) is 42.5 Å². The van der Waals surface area contributed by atoms with Crippen LogP contribution in [0.4, 0.5) is 19.6 Å². The fourth-order valence-electron chi connectivity index (χ4n) is 2.11. The predicted octanol–water partition coefficient (Wildman–Crippen LogP) is 4.42. The molecule has 9 heteroatoms. The van der Waals surface area contributed by atoms with Crippen molar-refractivity contribution in [2.24, 2.45) is 0 Å². The monoisotopic (exact) mass is 351 g/mol. The molecule has 0 saturated carbocycles. The minimum atomic E-state index is -2.87. The van der Waals surface area contributed by atoms with Gasteiger partial charge in [-0.05, 0) is 23.8 Å². The second-order valence-corrected chi connectivity index (χ2v) is 5.84. The number of ether oxygens (including phenoxy) is 1. The highest BCUT2D eigenvalue weighted by Crippen LogP contribution is 2.29. The number of nitrogens with zero attached hydrogens (tertiary/aromatic N) is 2. The van der Waals surface area contributed by atoms with Crippen molar-refractivity contribution in [3.05, 3.63) is 58.1 Å². The largest absolute Gasteiger partial charge is 0.435 e. The number of non-ortho nitro benzene ring substituents is 1. The van der Waals surface area contributed by atoms with Crippen molar-refractivity contribution < 1.29 is 18.4 Å². The maximum atomic E-state index is 12.2. The third kappa shape index (κ3) is 3.74. The molecule has 0 unspecified atom stereocenters. The normalized spacial score (nSPS) is 11.0. The van der Waals surface area contributed by atoms with Gasteiger partial charge in [-0.2, -0.15) is 8.78 Å². The molecule has 0 aliphatic carbocycles. The van der Waals surface area contributed by atoms with Gasteiger partial charge in [0.2, 0.25) is 0 Å². The van der Waals surface area contributed by atoms with Crippen LogP contribution in [0, 0.1) is 10.1 Å². The third-order valence-electron chi connectivity index (χ3n) is 3.15. The number of anilines is 1. The van der Waals surface area contributed by atoms with E-state index in [-0.39, 0.29) is 11.4 Å². The molecule has 0 aliphatic heterocycles. The fraction of sp³-hybridized carbons (Fsp3) is 0.133. The van der Waals surface area contributed by atoms with Gasteiger partial charge in [0, 0.05) is 18.7 Å². The third-order valence-corrected chi connectivity index (χ3v) is 4.13. The zero-order valence-corrected chi connectivity index (χ0v) is 12.9. The fourth-order valence-corrected chi connectivity index (χ4v) is 3.01. The zero-order valence-electron chi connectivity index (χ0n) is 12.1. The summed E-state index contributed by atoms with van der Waals surface area (Å²) in [6.45, 7) is -2.50. The lowest BCUT2D eigenvalue weighted by Crippen LogP contribution is -2.03. The first kappa shape index (κ1) is 16.1. The van der Waals surface area contributed by atoms with Gasteiger partial charge in [0.25, 0.3) is 5.69 Å². The SMILES string of the molecule is O=[N+]([O-])c1ccc2nc(NCc3cccc(OC(F)F)c3)sc2c1. The van der Waals surface area contributed by atoms with E-state index in [1.807, 2.05) is 0 Å².